The van der Waals surface area contributed by atoms with Crippen molar-refractivity contribution < 1.29 is 9.72 Å². The number of nitro benzene ring substituents is 1. The fourth-order valence-corrected chi connectivity index (χ4v) is 3.90. The maximum Gasteiger partial charge on any atom is 0.270 e. The molecule has 0 fully saturated rings. The fourth-order valence-electron chi connectivity index (χ4n) is 3.90. The molecule has 0 aliphatic rings. The average Bonchev–Trinajstić information content (AvgIpc) is 3.35. The number of aromatic nitrogens is 3. The topological polar surface area (TPSA) is 95.0 Å². The first-order chi connectivity index (χ1) is 15.5. The van der Waals surface area contributed by atoms with Crippen molar-refractivity contribution >= 4 is 39.2 Å². The van der Waals surface area contributed by atoms with Gasteiger partial charge in [-0.05, 0) is 48.5 Å². The van der Waals surface area contributed by atoms with Crippen LogP contribution in [-0.4, -0.2) is 24.9 Å². The molecule has 8 nitrogen and oxygen atoms in total. The molecule has 158 valence electrons. The van der Waals surface area contributed by atoms with E-state index in [4.69, 9.17) is 4.98 Å². The van der Waals surface area contributed by atoms with E-state index in [1.54, 1.807) is 22.9 Å². The maximum atomic E-state index is 12.6. The molecule has 1 N–H and O–H groups in total. The van der Waals surface area contributed by atoms with E-state index in [1.165, 1.54) is 12.1 Å². The Bertz CT molecular complexity index is 1480. The second-order valence-corrected chi connectivity index (χ2v) is 7.55. The number of para-hydroxylation sites is 2. The number of nitrogens with one attached hydrogen (secondary N) is 1. The zero-order chi connectivity index (χ0) is 22.2. The van der Waals surface area contributed by atoms with Crippen molar-refractivity contribution in [3.05, 3.63) is 89.1 Å². The third-order valence-corrected chi connectivity index (χ3v) is 5.49. The summed E-state index contributed by atoms with van der Waals surface area (Å²) in [5.41, 5.74) is 4.43. The molecule has 0 bridgehead atoms. The molecule has 1 amide bonds. The van der Waals surface area contributed by atoms with Crippen LogP contribution >= 0.6 is 0 Å². The predicted molar refractivity (Wildman–Crippen MR) is 123 cm³/mol. The summed E-state index contributed by atoms with van der Waals surface area (Å²) in [7, 11) is 1.98. The molecular weight excluding hydrogens is 406 g/mol. The lowest BCUT2D eigenvalue weighted by Crippen LogP contribution is -2.18. The van der Waals surface area contributed by atoms with Crippen molar-refractivity contribution in [1.29, 1.82) is 0 Å². The third kappa shape index (κ3) is 3.47. The second-order valence-electron chi connectivity index (χ2n) is 7.55. The van der Waals surface area contributed by atoms with Gasteiger partial charge in [0.2, 0.25) is 5.91 Å². The molecule has 0 unspecified atom stereocenters. The molecule has 0 spiro atoms. The Morgan fingerprint density at radius 1 is 1.03 bits per heavy atom. The van der Waals surface area contributed by atoms with Gasteiger partial charge in [-0.3, -0.25) is 14.9 Å². The highest BCUT2D eigenvalue weighted by atomic mass is 16.6. The molecule has 5 aromatic rings. The molecule has 0 atom stereocenters. The Balaban J connectivity index is 1.31. The molecule has 3 aromatic carbocycles. The molecule has 0 aliphatic heterocycles. The van der Waals surface area contributed by atoms with E-state index < -0.39 is 4.92 Å². The minimum atomic E-state index is -0.430. The van der Waals surface area contributed by atoms with Crippen LogP contribution in [0.15, 0.2) is 79.0 Å². The normalized spacial score (nSPS) is 11.2. The first kappa shape index (κ1) is 19.5. The number of amides is 1. The highest BCUT2D eigenvalue weighted by Gasteiger charge is 2.12. The van der Waals surface area contributed by atoms with Crippen LogP contribution in [-0.2, 0) is 18.4 Å². The molecule has 2 aromatic heterocycles. The quantitative estimate of drug-likeness (QED) is 0.325. The zero-order valence-electron chi connectivity index (χ0n) is 17.2. The van der Waals surface area contributed by atoms with Gasteiger partial charge in [-0.25, -0.2) is 4.98 Å². The number of nitrogens with zero attached hydrogens (tertiary/aromatic N) is 4. The molecule has 32 heavy (non-hydrogen) atoms. The van der Waals surface area contributed by atoms with Crippen LogP contribution in [0, 0.1) is 10.1 Å². The number of hydrogen-bond acceptors (Lipinski definition) is 4. The van der Waals surface area contributed by atoms with Gasteiger partial charge in [-0.2, -0.15) is 0 Å². The van der Waals surface area contributed by atoms with Crippen LogP contribution in [0.2, 0.25) is 0 Å². The van der Waals surface area contributed by atoms with Crippen LogP contribution in [0.4, 0.5) is 11.4 Å². The number of nitro groups is 1. The fraction of sp³-hybridized carbons (Fsp3) is 0.0833. The van der Waals surface area contributed by atoms with Gasteiger partial charge in [0.1, 0.15) is 12.4 Å². The smallest absolute Gasteiger partial charge is 0.270 e. The number of imidazole rings is 1. The number of anilines is 1. The molecule has 0 radical (unpaired) electrons. The van der Waals surface area contributed by atoms with Gasteiger partial charge < -0.3 is 14.5 Å². The number of benzene rings is 3. The number of carbonyl (C=O) groups is 1. The van der Waals surface area contributed by atoms with Crippen molar-refractivity contribution in [2.75, 3.05) is 5.32 Å². The second kappa shape index (κ2) is 7.66. The molecule has 5 rings (SSSR count). The standard InChI is InChI=1S/C24H19N5O3/c1-27-22-5-3-2-4-20(22)26-24(27)16-6-8-18(9-7-16)25-23(30)15-28-13-12-17-14-19(29(31)32)10-11-21(17)28/h2-14H,15H2,1H3,(H,25,30). The van der Waals surface area contributed by atoms with Crippen LogP contribution in [0.3, 0.4) is 0 Å². The largest absolute Gasteiger partial charge is 0.338 e. The predicted octanol–water partition coefficient (Wildman–Crippen LogP) is 4.74. The SMILES string of the molecule is Cn1c(-c2ccc(NC(=O)Cn3ccc4cc([N+](=O)[O-])ccc43)cc2)nc2ccccc21. The summed E-state index contributed by atoms with van der Waals surface area (Å²) >= 11 is 0. The minimum Gasteiger partial charge on any atom is -0.338 e. The van der Waals surface area contributed by atoms with Gasteiger partial charge in [0.15, 0.2) is 0 Å². The average molecular weight is 425 g/mol. The van der Waals surface area contributed by atoms with Crippen molar-refractivity contribution in [2.24, 2.45) is 7.05 Å². The Kier molecular flexibility index (Phi) is 4.67. The van der Waals surface area contributed by atoms with Crippen LogP contribution < -0.4 is 5.32 Å². The third-order valence-electron chi connectivity index (χ3n) is 5.49. The lowest BCUT2D eigenvalue weighted by Gasteiger charge is -2.09. The maximum absolute atomic E-state index is 12.6. The van der Waals surface area contributed by atoms with Gasteiger partial charge in [0.05, 0.1) is 16.0 Å². The van der Waals surface area contributed by atoms with E-state index in [2.05, 4.69) is 5.32 Å². The van der Waals surface area contributed by atoms with Crippen LogP contribution in [0.25, 0.3) is 33.3 Å². The Morgan fingerprint density at radius 2 is 1.81 bits per heavy atom. The summed E-state index contributed by atoms with van der Waals surface area (Å²) in [6.45, 7) is 0.105. The van der Waals surface area contributed by atoms with Crippen molar-refractivity contribution in [1.82, 2.24) is 14.1 Å². The number of carbonyl (C=O) groups excluding carboxylic acids is 1. The molecule has 2 heterocycles. The summed E-state index contributed by atoms with van der Waals surface area (Å²) in [5.74, 6) is 0.674. The Labute approximate surface area is 182 Å². The molecular formula is C24H19N5O3. The van der Waals surface area contributed by atoms with Gasteiger partial charge >= 0.3 is 0 Å². The van der Waals surface area contributed by atoms with Gasteiger partial charge in [-0.1, -0.05) is 12.1 Å². The minimum absolute atomic E-state index is 0.0281. The van der Waals surface area contributed by atoms with E-state index >= 15 is 0 Å². The molecule has 0 saturated heterocycles. The van der Waals surface area contributed by atoms with Crippen LogP contribution in [0.1, 0.15) is 0 Å². The lowest BCUT2D eigenvalue weighted by atomic mass is 10.2. The number of fused-ring (bicyclic) bond motifs is 2. The van der Waals surface area contributed by atoms with Gasteiger partial charge in [0, 0.05) is 47.5 Å². The lowest BCUT2D eigenvalue weighted by molar-refractivity contribution is -0.384. The van der Waals surface area contributed by atoms with E-state index in [9.17, 15) is 14.9 Å². The highest BCUT2D eigenvalue weighted by Crippen LogP contribution is 2.25. The van der Waals surface area contributed by atoms with Crippen molar-refractivity contribution in [3.63, 3.8) is 0 Å². The van der Waals surface area contributed by atoms with E-state index in [1.807, 2.05) is 60.1 Å². The van der Waals surface area contributed by atoms with E-state index in [-0.39, 0.29) is 18.1 Å². The number of non-ortho nitro benzene ring substituents is 1. The van der Waals surface area contributed by atoms with Gasteiger partial charge in [-0.15, -0.1) is 0 Å². The summed E-state index contributed by atoms with van der Waals surface area (Å²) in [4.78, 5) is 27.8. The number of hydrogen-bond donors (Lipinski definition) is 1. The molecule has 8 heteroatoms. The monoisotopic (exact) mass is 425 g/mol. The van der Waals surface area contributed by atoms with Crippen LogP contribution in [0.5, 0.6) is 0 Å². The highest BCUT2D eigenvalue weighted by molar-refractivity contribution is 5.92. The molecule has 0 aliphatic carbocycles. The Morgan fingerprint density at radius 3 is 2.56 bits per heavy atom. The first-order valence-electron chi connectivity index (χ1n) is 10.0. The van der Waals surface area contributed by atoms with E-state index in [0.29, 0.717) is 5.69 Å². The summed E-state index contributed by atoms with van der Waals surface area (Å²) in [5, 5.41) is 14.6. The van der Waals surface area contributed by atoms with Crippen molar-refractivity contribution in [2.45, 2.75) is 6.54 Å². The number of rotatable bonds is 5. The van der Waals surface area contributed by atoms with Crippen molar-refractivity contribution in [3.8, 4) is 11.4 Å². The molecule has 0 saturated carbocycles. The first-order valence-corrected chi connectivity index (χ1v) is 10.0. The Hall–Kier alpha value is -4.46. The number of aryl methyl sites for hydroxylation is 1. The zero-order valence-corrected chi connectivity index (χ0v) is 17.2. The summed E-state index contributed by atoms with van der Waals surface area (Å²) in [6.07, 6.45) is 1.75. The van der Waals surface area contributed by atoms with E-state index in [0.717, 1.165) is 33.3 Å². The summed E-state index contributed by atoms with van der Waals surface area (Å²) < 4.78 is 3.81. The summed E-state index contributed by atoms with van der Waals surface area (Å²) in [6, 6.07) is 21.9. The van der Waals surface area contributed by atoms with Gasteiger partial charge in [0.25, 0.3) is 5.69 Å².